The molecule has 22 heavy (non-hydrogen) atoms. The van der Waals surface area contributed by atoms with Crippen LogP contribution in [0.15, 0.2) is 48.0 Å². The highest BCUT2D eigenvalue weighted by Crippen LogP contribution is 2.16. The number of nitrogens with zero attached hydrogens (tertiary/aromatic N) is 1. The standard InChI is InChI=1S/C18H15FN2O/c1-12-6-7-17(8-13(12)2)21-18(22)15(11-20)9-14-4-3-5-16(19)10-14/h3-10H,1-2H3,(H,21,22)/b15-9-. The van der Waals surface area contributed by atoms with Crippen LogP contribution in [0.4, 0.5) is 10.1 Å². The maximum absolute atomic E-state index is 13.1. The predicted octanol–water partition coefficient (Wildman–Crippen LogP) is 3.99. The number of halogens is 1. The lowest BCUT2D eigenvalue weighted by Crippen LogP contribution is -2.13. The van der Waals surface area contributed by atoms with Crippen molar-refractivity contribution >= 4 is 17.7 Å². The molecule has 2 aromatic carbocycles. The van der Waals surface area contributed by atoms with Gasteiger partial charge in [-0.15, -0.1) is 0 Å². The molecule has 0 saturated heterocycles. The number of hydrogen-bond donors (Lipinski definition) is 1. The molecule has 2 aromatic rings. The van der Waals surface area contributed by atoms with E-state index in [0.717, 1.165) is 11.1 Å². The molecule has 0 aliphatic carbocycles. The number of rotatable bonds is 3. The summed E-state index contributed by atoms with van der Waals surface area (Å²) >= 11 is 0. The summed E-state index contributed by atoms with van der Waals surface area (Å²) in [5, 5.41) is 11.8. The summed E-state index contributed by atoms with van der Waals surface area (Å²) in [5.41, 5.74) is 3.17. The molecule has 1 N–H and O–H groups in total. The Bertz CT molecular complexity index is 788. The molecule has 0 bridgehead atoms. The number of benzene rings is 2. The van der Waals surface area contributed by atoms with Gasteiger partial charge in [0.25, 0.3) is 5.91 Å². The van der Waals surface area contributed by atoms with Gasteiger partial charge in [-0.1, -0.05) is 18.2 Å². The van der Waals surface area contributed by atoms with Crippen LogP contribution in [0, 0.1) is 31.0 Å². The first-order chi connectivity index (χ1) is 10.5. The third kappa shape index (κ3) is 3.80. The Balaban J connectivity index is 2.22. The van der Waals surface area contributed by atoms with Gasteiger partial charge in [-0.3, -0.25) is 4.79 Å². The molecule has 0 unspecified atom stereocenters. The number of nitriles is 1. The smallest absolute Gasteiger partial charge is 0.266 e. The van der Waals surface area contributed by atoms with E-state index >= 15 is 0 Å². The van der Waals surface area contributed by atoms with E-state index in [9.17, 15) is 9.18 Å². The van der Waals surface area contributed by atoms with E-state index in [1.165, 1.54) is 24.3 Å². The molecule has 0 aromatic heterocycles. The van der Waals surface area contributed by atoms with Crippen LogP contribution < -0.4 is 5.32 Å². The zero-order valence-corrected chi connectivity index (χ0v) is 12.4. The van der Waals surface area contributed by atoms with Crippen molar-refractivity contribution in [2.45, 2.75) is 13.8 Å². The number of carbonyl (C=O) groups excluding carboxylic acids is 1. The molecule has 0 spiro atoms. The highest BCUT2D eigenvalue weighted by Gasteiger charge is 2.10. The second-order valence-corrected chi connectivity index (χ2v) is 4.98. The van der Waals surface area contributed by atoms with Crippen LogP contribution in [0.1, 0.15) is 16.7 Å². The zero-order valence-electron chi connectivity index (χ0n) is 12.4. The topological polar surface area (TPSA) is 52.9 Å². The quantitative estimate of drug-likeness (QED) is 0.687. The molecular formula is C18H15FN2O. The first kappa shape index (κ1) is 15.5. The van der Waals surface area contributed by atoms with Crippen molar-refractivity contribution < 1.29 is 9.18 Å². The Hall–Kier alpha value is -2.93. The number of carbonyl (C=O) groups is 1. The summed E-state index contributed by atoms with van der Waals surface area (Å²) in [6.45, 7) is 3.92. The van der Waals surface area contributed by atoms with Gasteiger partial charge >= 0.3 is 0 Å². The van der Waals surface area contributed by atoms with Crippen molar-refractivity contribution in [1.29, 1.82) is 5.26 Å². The van der Waals surface area contributed by atoms with Crippen molar-refractivity contribution in [3.05, 3.63) is 70.5 Å². The first-order valence-electron chi connectivity index (χ1n) is 6.75. The van der Waals surface area contributed by atoms with Gasteiger partial charge in [0.15, 0.2) is 0 Å². The van der Waals surface area contributed by atoms with Crippen molar-refractivity contribution in [1.82, 2.24) is 0 Å². The molecule has 4 heteroatoms. The highest BCUT2D eigenvalue weighted by atomic mass is 19.1. The molecule has 1 amide bonds. The molecule has 2 rings (SSSR count). The van der Waals surface area contributed by atoms with E-state index in [1.807, 2.05) is 32.0 Å². The van der Waals surface area contributed by atoms with Crippen molar-refractivity contribution in [3.63, 3.8) is 0 Å². The Morgan fingerprint density at radius 1 is 1.18 bits per heavy atom. The predicted molar refractivity (Wildman–Crippen MR) is 84.5 cm³/mol. The van der Waals surface area contributed by atoms with Gasteiger partial charge in [0.2, 0.25) is 0 Å². The third-order valence-corrected chi connectivity index (χ3v) is 3.29. The lowest BCUT2D eigenvalue weighted by atomic mass is 10.1. The fraction of sp³-hybridized carbons (Fsp3) is 0.111. The van der Waals surface area contributed by atoms with Gasteiger partial charge in [0.1, 0.15) is 17.5 Å². The average molecular weight is 294 g/mol. The minimum atomic E-state index is -0.519. The third-order valence-electron chi connectivity index (χ3n) is 3.29. The van der Waals surface area contributed by atoms with Crippen molar-refractivity contribution in [3.8, 4) is 6.07 Å². The molecule has 0 fully saturated rings. The van der Waals surface area contributed by atoms with Gasteiger partial charge in [-0.25, -0.2) is 4.39 Å². The second kappa shape index (κ2) is 6.68. The first-order valence-corrected chi connectivity index (χ1v) is 6.75. The fourth-order valence-corrected chi connectivity index (χ4v) is 1.93. The van der Waals surface area contributed by atoms with Gasteiger partial charge in [-0.2, -0.15) is 5.26 Å². The van der Waals surface area contributed by atoms with Gasteiger partial charge in [0.05, 0.1) is 0 Å². The molecule has 0 aliphatic heterocycles. The Morgan fingerprint density at radius 3 is 2.59 bits per heavy atom. The number of nitrogens with one attached hydrogen (secondary N) is 1. The highest BCUT2D eigenvalue weighted by molar-refractivity contribution is 6.09. The number of amides is 1. The van der Waals surface area contributed by atoms with Crippen LogP contribution in [0.5, 0.6) is 0 Å². The van der Waals surface area contributed by atoms with Crippen LogP contribution in [-0.2, 0) is 4.79 Å². The zero-order chi connectivity index (χ0) is 16.1. The van der Waals surface area contributed by atoms with E-state index in [-0.39, 0.29) is 5.57 Å². The summed E-state index contributed by atoms with van der Waals surface area (Å²) in [6.07, 6.45) is 1.36. The molecule has 0 radical (unpaired) electrons. The summed E-state index contributed by atoms with van der Waals surface area (Å²) in [7, 11) is 0. The van der Waals surface area contributed by atoms with E-state index in [0.29, 0.717) is 11.3 Å². The van der Waals surface area contributed by atoms with Crippen LogP contribution >= 0.6 is 0 Å². The minimum Gasteiger partial charge on any atom is -0.321 e. The van der Waals surface area contributed by atoms with E-state index in [1.54, 1.807) is 12.1 Å². The number of anilines is 1. The molecule has 3 nitrogen and oxygen atoms in total. The second-order valence-electron chi connectivity index (χ2n) is 4.98. The summed E-state index contributed by atoms with van der Waals surface area (Å²) in [6, 6.07) is 13.1. The summed E-state index contributed by atoms with van der Waals surface area (Å²) in [4.78, 5) is 12.1. The Labute approximate surface area is 128 Å². The molecule has 0 saturated carbocycles. The van der Waals surface area contributed by atoms with Crippen molar-refractivity contribution in [2.75, 3.05) is 5.32 Å². The lowest BCUT2D eigenvalue weighted by Gasteiger charge is -2.07. The maximum atomic E-state index is 13.1. The van der Waals surface area contributed by atoms with Crippen LogP contribution in [0.25, 0.3) is 6.08 Å². The van der Waals surface area contributed by atoms with Crippen molar-refractivity contribution in [2.24, 2.45) is 0 Å². The van der Waals surface area contributed by atoms with E-state index in [4.69, 9.17) is 5.26 Å². The number of aryl methyl sites for hydroxylation is 2. The Morgan fingerprint density at radius 2 is 1.95 bits per heavy atom. The van der Waals surface area contributed by atoms with Gasteiger partial charge in [-0.05, 0) is 60.9 Å². The maximum Gasteiger partial charge on any atom is 0.266 e. The minimum absolute atomic E-state index is 0.0798. The molecule has 110 valence electrons. The largest absolute Gasteiger partial charge is 0.321 e. The lowest BCUT2D eigenvalue weighted by molar-refractivity contribution is -0.112. The van der Waals surface area contributed by atoms with Crippen LogP contribution in [0.2, 0.25) is 0 Å². The van der Waals surface area contributed by atoms with Gasteiger partial charge < -0.3 is 5.32 Å². The number of hydrogen-bond acceptors (Lipinski definition) is 2. The van der Waals surface area contributed by atoms with Gasteiger partial charge in [0, 0.05) is 5.69 Å². The summed E-state index contributed by atoms with van der Waals surface area (Å²) < 4.78 is 13.1. The monoisotopic (exact) mass is 294 g/mol. The molecule has 0 heterocycles. The van der Waals surface area contributed by atoms with E-state index < -0.39 is 11.7 Å². The average Bonchev–Trinajstić information content (AvgIpc) is 2.48. The summed E-state index contributed by atoms with van der Waals surface area (Å²) in [5.74, 6) is -0.935. The molecule has 0 aliphatic rings. The van der Waals surface area contributed by atoms with E-state index in [2.05, 4.69) is 5.32 Å². The fourth-order valence-electron chi connectivity index (χ4n) is 1.93. The van der Waals surface area contributed by atoms with Crippen LogP contribution in [0.3, 0.4) is 0 Å². The molecular weight excluding hydrogens is 279 g/mol. The molecule has 0 atom stereocenters. The normalized spacial score (nSPS) is 10.9. The van der Waals surface area contributed by atoms with Crippen LogP contribution in [-0.4, -0.2) is 5.91 Å². The SMILES string of the molecule is Cc1ccc(NC(=O)/C(C#N)=C\c2cccc(F)c2)cc1C. The Kier molecular flexibility index (Phi) is 4.70.